The van der Waals surface area contributed by atoms with Gasteiger partial charge in [0, 0.05) is 49.6 Å². The van der Waals surface area contributed by atoms with Gasteiger partial charge in [0.1, 0.15) is 11.4 Å². The molecule has 3 aliphatic rings. The monoisotopic (exact) mass is 422 g/mol. The van der Waals surface area contributed by atoms with Crippen LogP contribution in [0.15, 0.2) is 35.3 Å². The molecule has 0 aromatic carbocycles. The number of methoxy groups -OCH3 is 1. The van der Waals surface area contributed by atoms with E-state index in [4.69, 9.17) is 4.74 Å². The van der Waals surface area contributed by atoms with Gasteiger partial charge in [-0.2, -0.15) is 0 Å². The predicted molar refractivity (Wildman–Crippen MR) is 118 cm³/mol. The van der Waals surface area contributed by atoms with E-state index >= 15 is 0 Å². The van der Waals surface area contributed by atoms with Crippen LogP contribution in [0.25, 0.3) is 0 Å². The van der Waals surface area contributed by atoms with E-state index in [1.54, 1.807) is 18.3 Å². The molecule has 0 saturated carbocycles. The molecule has 2 aromatic rings. The standard InChI is InChI=1S/C24H30N4O3/c1-31-24(30)20-6-5-9-25-22(20)27-13-17-12-19(16-27)21-8-7-18(23(29)28(21)14-17)15-26-10-3-2-4-11-26/h5-9,17,19H,2-4,10-16H2,1H3/t17-,19+/m0/s1. The number of hydrogen-bond donors (Lipinski definition) is 0. The van der Waals surface area contributed by atoms with E-state index in [1.165, 1.54) is 26.4 Å². The quantitative estimate of drug-likeness (QED) is 0.706. The Morgan fingerprint density at radius 3 is 2.77 bits per heavy atom. The average molecular weight is 423 g/mol. The van der Waals surface area contributed by atoms with Gasteiger partial charge in [0.15, 0.2) is 0 Å². The Bertz CT molecular complexity index is 1030. The fraction of sp³-hybridized carbons (Fsp3) is 0.542. The molecule has 7 heteroatoms. The minimum atomic E-state index is -0.363. The summed E-state index contributed by atoms with van der Waals surface area (Å²) in [6.07, 6.45) is 6.55. The zero-order valence-corrected chi connectivity index (χ0v) is 18.1. The van der Waals surface area contributed by atoms with E-state index in [0.717, 1.165) is 56.9 Å². The van der Waals surface area contributed by atoms with Crippen molar-refractivity contribution in [2.45, 2.75) is 44.7 Å². The molecule has 164 valence electrons. The molecule has 31 heavy (non-hydrogen) atoms. The molecule has 0 unspecified atom stereocenters. The number of carbonyl (C=O) groups is 1. The largest absolute Gasteiger partial charge is 0.465 e. The van der Waals surface area contributed by atoms with Crippen molar-refractivity contribution >= 4 is 11.8 Å². The number of piperidine rings is 2. The van der Waals surface area contributed by atoms with Crippen LogP contribution in [0, 0.1) is 5.92 Å². The van der Waals surface area contributed by atoms with E-state index < -0.39 is 0 Å². The van der Waals surface area contributed by atoms with Crippen LogP contribution in [0.2, 0.25) is 0 Å². The van der Waals surface area contributed by atoms with Crippen molar-refractivity contribution in [1.82, 2.24) is 14.5 Å². The maximum atomic E-state index is 13.3. The Labute approximate surface area is 182 Å². The van der Waals surface area contributed by atoms with Crippen LogP contribution in [-0.4, -0.2) is 53.7 Å². The second-order valence-electron chi connectivity index (χ2n) is 9.11. The van der Waals surface area contributed by atoms with E-state index in [9.17, 15) is 9.59 Å². The van der Waals surface area contributed by atoms with Crippen molar-refractivity contribution in [1.29, 1.82) is 0 Å². The van der Waals surface area contributed by atoms with Gasteiger partial charge in [0.25, 0.3) is 5.56 Å². The van der Waals surface area contributed by atoms with Gasteiger partial charge in [-0.05, 0) is 56.5 Å². The number of esters is 1. The van der Waals surface area contributed by atoms with Gasteiger partial charge in [0.05, 0.1) is 7.11 Å². The summed E-state index contributed by atoms with van der Waals surface area (Å²) in [6, 6.07) is 7.73. The Morgan fingerprint density at radius 2 is 1.97 bits per heavy atom. The molecule has 5 rings (SSSR count). The van der Waals surface area contributed by atoms with Crippen molar-refractivity contribution in [2.75, 3.05) is 38.2 Å². The normalized spacial score (nSPS) is 23.3. The van der Waals surface area contributed by atoms with Crippen molar-refractivity contribution in [3.05, 3.63) is 57.6 Å². The number of likely N-dealkylation sites (tertiary alicyclic amines) is 1. The smallest absolute Gasteiger partial charge is 0.341 e. The van der Waals surface area contributed by atoms with Crippen LogP contribution in [0.3, 0.4) is 0 Å². The lowest BCUT2D eigenvalue weighted by molar-refractivity contribution is 0.0600. The van der Waals surface area contributed by atoms with Crippen LogP contribution >= 0.6 is 0 Å². The zero-order chi connectivity index (χ0) is 21.4. The third kappa shape index (κ3) is 3.87. The maximum absolute atomic E-state index is 13.3. The Balaban J connectivity index is 1.41. The Kier molecular flexibility index (Phi) is 5.52. The molecule has 7 nitrogen and oxygen atoms in total. The van der Waals surface area contributed by atoms with Gasteiger partial charge in [-0.3, -0.25) is 9.69 Å². The number of pyridine rings is 2. The first-order valence-corrected chi connectivity index (χ1v) is 11.4. The molecule has 0 radical (unpaired) electrons. The summed E-state index contributed by atoms with van der Waals surface area (Å²) in [5.74, 6) is 0.942. The number of carbonyl (C=O) groups excluding carboxylic acids is 1. The lowest BCUT2D eigenvalue weighted by Gasteiger charge is -2.43. The summed E-state index contributed by atoms with van der Waals surface area (Å²) < 4.78 is 6.98. The number of fused-ring (bicyclic) bond motifs is 4. The molecular weight excluding hydrogens is 392 g/mol. The minimum absolute atomic E-state index is 0.180. The van der Waals surface area contributed by atoms with E-state index in [-0.39, 0.29) is 17.4 Å². The SMILES string of the molecule is COC(=O)c1cccnc1N1C[C@@H]2C[C@H](C1)c1ccc(CN3CCCCC3)c(=O)n1C2. The second-order valence-corrected chi connectivity index (χ2v) is 9.11. The molecule has 3 aliphatic heterocycles. The molecule has 5 heterocycles. The first-order chi connectivity index (χ1) is 15.1. The highest BCUT2D eigenvalue weighted by Crippen LogP contribution is 2.37. The zero-order valence-electron chi connectivity index (χ0n) is 18.1. The Morgan fingerprint density at radius 1 is 1.13 bits per heavy atom. The third-order valence-electron chi connectivity index (χ3n) is 7.02. The highest BCUT2D eigenvalue weighted by Gasteiger charge is 2.36. The summed E-state index contributed by atoms with van der Waals surface area (Å²) in [5.41, 5.74) is 2.71. The number of hydrogen-bond acceptors (Lipinski definition) is 6. The fourth-order valence-electron chi connectivity index (χ4n) is 5.56. The van der Waals surface area contributed by atoms with Crippen molar-refractivity contribution < 1.29 is 9.53 Å². The highest BCUT2D eigenvalue weighted by atomic mass is 16.5. The van der Waals surface area contributed by atoms with Crippen LogP contribution in [0.5, 0.6) is 0 Å². The average Bonchev–Trinajstić information content (AvgIpc) is 2.81. The summed E-state index contributed by atoms with van der Waals surface area (Å²) in [4.78, 5) is 34.6. The lowest BCUT2D eigenvalue weighted by atomic mass is 9.82. The molecule has 2 atom stereocenters. The number of ether oxygens (including phenoxy) is 1. The van der Waals surface area contributed by atoms with Gasteiger partial charge in [-0.25, -0.2) is 9.78 Å². The number of rotatable bonds is 4. The molecule has 2 bridgehead atoms. The van der Waals surface area contributed by atoms with Crippen molar-refractivity contribution in [3.8, 4) is 0 Å². The molecule has 2 fully saturated rings. The van der Waals surface area contributed by atoms with E-state index in [2.05, 4.69) is 20.9 Å². The number of nitrogens with zero attached hydrogens (tertiary/aromatic N) is 4. The first kappa shape index (κ1) is 20.2. The first-order valence-electron chi connectivity index (χ1n) is 11.4. The molecular formula is C24H30N4O3. The van der Waals surface area contributed by atoms with E-state index in [0.29, 0.717) is 17.3 Å². The van der Waals surface area contributed by atoms with Gasteiger partial charge >= 0.3 is 5.97 Å². The van der Waals surface area contributed by atoms with Crippen molar-refractivity contribution in [3.63, 3.8) is 0 Å². The lowest BCUT2D eigenvalue weighted by Crippen LogP contribution is -2.48. The van der Waals surface area contributed by atoms with Gasteiger partial charge in [-0.15, -0.1) is 0 Å². The summed E-state index contributed by atoms with van der Waals surface area (Å²) in [5, 5.41) is 0. The van der Waals surface area contributed by atoms with Gasteiger partial charge in [0.2, 0.25) is 0 Å². The molecule has 2 aromatic heterocycles. The molecule has 0 amide bonds. The summed E-state index contributed by atoms with van der Waals surface area (Å²) in [6.45, 7) is 5.22. The van der Waals surface area contributed by atoms with Crippen LogP contribution in [-0.2, 0) is 17.8 Å². The van der Waals surface area contributed by atoms with E-state index in [1.807, 2.05) is 10.6 Å². The van der Waals surface area contributed by atoms with Crippen LogP contribution in [0.4, 0.5) is 5.82 Å². The summed E-state index contributed by atoms with van der Waals surface area (Å²) >= 11 is 0. The molecule has 0 spiro atoms. The molecule has 0 N–H and O–H groups in total. The predicted octanol–water partition coefficient (Wildman–Crippen LogP) is 2.64. The van der Waals surface area contributed by atoms with Gasteiger partial charge in [-0.1, -0.05) is 12.5 Å². The van der Waals surface area contributed by atoms with Crippen LogP contribution in [0.1, 0.15) is 53.2 Å². The van der Waals surface area contributed by atoms with Crippen LogP contribution < -0.4 is 10.5 Å². The van der Waals surface area contributed by atoms with Crippen molar-refractivity contribution in [2.24, 2.45) is 5.92 Å². The minimum Gasteiger partial charge on any atom is -0.465 e. The third-order valence-corrected chi connectivity index (χ3v) is 7.02. The van der Waals surface area contributed by atoms with Gasteiger partial charge < -0.3 is 14.2 Å². The fourth-order valence-corrected chi connectivity index (χ4v) is 5.56. The molecule has 0 aliphatic carbocycles. The molecule has 2 saturated heterocycles. The summed E-state index contributed by atoms with van der Waals surface area (Å²) in [7, 11) is 1.40. The highest BCUT2D eigenvalue weighted by molar-refractivity contribution is 5.94. The number of aromatic nitrogens is 2. The number of anilines is 1. The second kappa shape index (κ2) is 8.46. The maximum Gasteiger partial charge on any atom is 0.341 e. The Hall–Kier alpha value is -2.67. The topological polar surface area (TPSA) is 67.7 Å².